The van der Waals surface area contributed by atoms with E-state index in [0.29, 0.717) is 16.4 Å². The summed E-state index contributed by atoms with van der Waals surface area (Å²) in [4.78, 5) is 31.1. The van der Waals surface area contributed by atoms with E-state index in [0.717, 1.165) is 17.9 Å². The molecule has 3 rings (SSSR count). The van der Waals surface area contributed by atoms with Crippen molar-refractivity contribution in [2.45, 2.75) is 32.1 Å². The van der Waals surface area contributed by atoms with Crippen molar-refractivity contribution in [2.75, 3.05) is 11.5 Å². The topological polar surface area (TPSA) is 76.3 Å². The van der Waals surface area contributed by atoms with Crippen molar-refractivity contribution in [3.05, 3.63) is 28.9 Å². The van der Waals surface area contributed by atoms with Crippen molar-refractivity contribution in [3.63, 3.8) is 0 Å². The fourth-order valence-electron chi connectivity index (χ4n) is 2.93. The van der Waals surface area contributed by atoms with Crippen molar-refractivity contribution in [1.82, 2.24) is 9.88 Å². The van der Waals surface area contributed by atoms with Gasteiger partial charge in [0.25, 0.3) is 0 Å². The molecule has 0 saturated carbocycles. The first-order chi connectivity index (χ1) is 11.0. The highest BCUT2D eigenvalue weighted by molar-refractivity contribution is 8.00. The first kappa shape index (κ1) is 16.3. The van der Waals surface area contributed by atoms with Crippen molar-refractivity contribution in [2.24, 2.45) is 5.92 Å². The van der Waals surface area contributed by atoms with E-state index < -0.39 is 0 Å². The largest absolute Gasteiger partial charge is 0.375 e. The van der Waals surface area contributed by atoms with Gasteiger partial charge >= 0.3 is 0 Å². The van der Waals surface area contributed by atoms with E-state index in [1.807, 2.05) is 19.9 Å². The number of fused-ring (bicyclic) bond motifs is 1. The maximum atomic E-state index is 12.7. The van der Waals surface area contributed by atoms with E-state index >= 15 is 0 Å². The standard InChI is InChI=1S/C16H19N3O2S2/c1-3-4-10(12-8-23-16(17)18-12)13(20)7-11-14(21)19-9(2)5-6-22-15(11)19/h4-5,8,11,15H,3,6-7H2,1-2H3,(H2,17,18)/b10-4-. The summed E-state index contributed by atoms with van der Waals surface area (Å²) >= 11 is 3.04. The van der Waals surface area contributed by atoms with Crippen molar-refractivity contribution >= 4 is 45.5 Å². The zero-order chi connectivity index (χ0) is 16.6. The Balaban J connectivity index is 1.75. The number of rotatable bonds is 5. The predicted molar refractivity (Wildman–Crippen MR) is 94.8 cm³/mol. The fraction of sp³-hybridized carbons (Fsp3) is 0.438. The van der Waals surface area contributed by atoms with Crippen LogP contribution in [0.3, 0.4) is 0 Å². The summed E-state index contributed by atoms with van der Waals surface area (Å²) in [7, 11) is 0. The molecular weight excluding hydrogens is 330 g/mol. The quantitative estimate of drug-likeness (QED) is 0.653. The number of nitrogens with zero attached hydrogens (tertiary/aromatic N) is 2. The molecule has 2 atom stereocenters. The Morgan fingerprint density at radius 3 is 3.00 bits per heavy atom. The molecule has 2 N–H and O–H groups in total. The normalized spacial score (nSPS) is 24.1. The average molecular weight is 349 g/mol. The van der Waals surface area contributed by atoms with Crippen LogP contribution in [0.25, 0.3) is 5.57 Å². The van der Waals surface area contributed by atoms with Gasteiger partial charge in [0.2, 0.25) is 5.91 Å². The highest BCUT2D eigenvalue weighted by atomic mass is 32.2. The molecule has 3 heterocycles. The molecule has 7 heteroatoms. The average Bonchev–Trinajstić information content (AvgIpc) is 2.95. The van der Waals surface area contributed by atoms with Gasteiger partial charge in [0.05, 0.1) is 17.0 Å². The minimum absolute atomic E-state index is 0.0250. The fourth-order valence-corrected chi connectivity index (χ4v) is 4.89. The zero-order valence-electron chi connectivity index (χ0n) is 13.1. The Labute approximate surface area is 143 Å². The number of Topliss-reactive ketones (excluding diaryl/α,β-unsaturated/α-hetero) is 1. The Kier molecular flexibility index (Phi) is 4.59. The number of β-lactam (4-membered cyclic amide) rings is 1. The molecule has 0 spiro atoms. The third-order valence-electron chi connectivity index (χ3n) is 4.09. The maximum absolute atomic E-state index is 12.7. The Morgan fingerprint density at radius 1 is 1.57 bits per heavy atom. The molecular formula is C16H19N3O2S2. The third kappa shape index (κ3) is 2.95. The van der Waals surface area contributed by atoms with Gasteiger partial charge in [0, 0.05) is 28.8 Å². The third-order valence-corrected chi connectivity index (χ3v) is 6.00. The molecule has 1 aromatic heterocycles. The van der Waals surface area contributed by atoms with Gasteiger partial charge in [-0.3, -0.25) is 9.59 Å². The summed E-state index contributed by atoms with van der Waals surface area (Å²) in [6.07, 6.45) is 4.90. The van der Waals surface area contributed by atoms with E-state index in [-0.39, 0.29) is 29.4 Å². The van der Waals surface area contributed by atoms with E-state index in [4.69, 9.17) is 5.73 Å². The summed E-state index contributed by atoms with van der Waals surface area (Å²) in [5.41, 5.74) is 7.88. The van der Waals surface area contributed by atoms with Crippen LogP contribution < -0.4 is 5.73 Å². The molecule has 1 fully saturated rings. The van der Waals surface area contributed by atoms with Gasteiger partial charge in [-0.25, -0.2) is 4.98 Å². The zero-order valence-corrected chi connectivity index (χ0v) is 14.7. The summed E-state index contributed by atoms with van der Waals surface area (Å²) in [6.45, 7) is 3.92. The van der Waals surface area contributed by atoms with E-state index in [1.54, 1.807) is 22.0 Å². The lowest BCUT2D eigenvalue weighted by Crippen LogP contribution is -2.59. The molecule has 2 aliphatic heterocycles. The van der Waals surface area contributed by atoms with Crippen LogP contribution in [0.5, 0.6) is 0 Å². The molecule has 1 saturated heterocycles. The van der Waals surface area contributed by atoms with Crippen LogP contribution in [0.1, 0.15) is 32.4 Å². The summed E-state index contributed by atoms with van der Waals surface area (Å²) in [5.74, 6) is 0.693. The lowest BCUT2D eigenvalue weighted by atomic mass is 9.88. The monoisotopic (exact) mass is 349 g/mol. The van der Waals surface area contributed by atoms with Crippen LogP contribution in [-0.4, -0.2) is 32.7 Å². The lowest BCUT2D eigenvalue weighted by molar-refractivity contribution is -0.148. The summed E-state index contributed by atoms with van der Waals surface area (Å²) in [6, 6.07) is 0. The van der Waals surface area contributed by atoms with Crippen LogP contribution >= 0.6 is 23.1 Å². The molecule has 1 aromatic rings. The highest BCUT2D eigenvalue weighted by Gasteiger charge is 2.50. The Morgan fingerprint density at radius 2 is 2.35 bits per heavy atom. The molecule has 0 bridgehead atoms. The van der Waals surface area contributed by atoms with E-state index in [2.05, 4.69) is 11.1 Å². The molecule has 122 valence electrons. The Bertz CT molecular complexity index is 708. The smallest absolute Gasteiger partial charge is 0.234 e. The molecule has 2 aliphatic rings. The van der Waals surface area contributed by atoms with Gasteiger partial charge in [0.1, 0.15) is 0 Å². The number of ketones is 1. The van der Waals surface area contributed by atoms with E-state index in [9.17, 15) is 9.59 Å². The molecule has 1 amide bonds. The van der Waals surface area contributed by atoms with Gasteiger partial charge in [0.15, 0.2) is 10.9 Å². The first-order valence-electron chi connectivity index (χ1n) is 7.59. The number of nitrogen functional groups attached to an aromatic ring is 1. The highest BCUT2D eigenvalue weighted by Crippen LogP contribution is 2.43. The molecule has 0 aliphatic carbocycles. The number of hydrogen-bond donors (Lipinski definition) is 1. The number of hydrogen-bond acceptors (Lipinski definition) is 6. The number of thioether (sulfide) groups is 1. The second-order valence-electron chi connectivity index (χ2n) is 5.61. The molecule has 0 radical (unpaired) electrons. The van der Waals surface area contributed by atoms with Gasteiger partial charge < -0.3 is 10.6 Å². The van der Waals surface area contributed by atoms with Gasteiger partial charge in [-0.05, 0) is 13.3 Å². The number of carbonyl (C=O) groups excluding carboxylic acids is 2. The van der Waals surface area contributed by atoms with Gasteiger partial charge in [-0.2, -0.15) is 0 Å². The number of nitrogens with two attached hydrogens (primary N) is 1. The number of anilines is 1. The summed E-state index contributed by atoms with van der Waals surface area (Å²) in [5, 5.41) is 2.34. The van der Waals surface area contributed by atoms with Crippen LogP contribution in [0.15, 0.2) is 23.2 Å². The van der Waals surface area contributed by atoms with Crippen molar-refractivity contribution in [1.29, 1.82) is 0 Å². The van der Waals surface area contributed by atoms with Gasteiger partial charge in [-0.1, -0.05) is 19.1 Å². The van der Waals surface area contributed by atoms with Crippen molar-refractivity contribution in [3.8, 4) is 0 Å². The van der Waals surface area contributed by atoms with Crippen LogP contribution in [0.4, 0.5) is 5.13 Å². The maximum Gasteiger partial charge on any atom is 0.234 e. The minimum Gasteiger partial charge on any atom is -0.375 e. The van der Waals surface area contributed by atoms with Crippen LogP contribution in [-0.2, 0) is 9.59 Å². The molecule has 0 aromatic carbocycles. The second-order valence-corrected chi connectivity index (χ2v) is 7.65. The van der Waals surface area contributed by atoms with Crippen LogP contribution in [0.2, 0.25) is 0 Å². The SMILES string of the molecule is CC/C=C(\C(=O)CC1C(=O)N2C(C)=CCSC12)c1csc(N)n1. The predicted octanol–water partition coefficient (Wildman–Crippen LogP) is 2.91. The van der Waals surface area contributed by atoms with E-state index in [1.165, 1.54) is 11.3 Å². The van der Waals surface area contributed by atoms with Gasteiger partial charge in [-0.15, -0.1) is 23.1 Å². The Hall–Kier alpha value is -1.60. The number of carbonyl (C=O) groups is 2. The molecule has 2 unspecified atom stereocenters. The lowest BCUT2D eigenvalue weighted by Gasteiger charge is -2.48. The molecule has 23 heavy (non-hydrogen) atoms. The number of thiazole rings is 1. The van der Waals surface area contributed by atoms with Crippen molar-refractivity contribution < 1.29 is 9.59 Å². The minimum atomic E-state index is -0.229. The number of allylic oxidation sites excluding steroid dienone is 3. The molecule has 5 nitrogen and oxygen atoms in total. The number of aromatic nitrogens is 1. The number of amides is 1. The first-order valence-corrected chi connectivity index (χ1v) is 9.52. The second kappa shape index (κ2) is 6.49. The summed E-state index contributed by atoms with van der Waals surface area (Å²) < 4.78 is 0. The van der Waals surface area contributed by atoms with Crippen LogP contribution in [0, 0.1) is 5.92 Å².